The van der Waals surface area contributed by atoms with E-state index in [9.17, 15) is 9.90 Å². The van der Waals surface area contributed by atoms with Crippen molar-refractivity contribution in [3.05, 3.63) is 120 Å². The number of nitrogens with zero attached hydrogens (tertiary/aromatic N) is 2. The number of nitrogens with one attached hydrogen (secondary N) is 1. The smallest absolute Gasteiger partial charge is 0.271 e. The lowest BCUT2D eigenvalue weighted by Gasteiger charge is -2.12. The molecule has 5 nitrogen and oxygen atoms in total. The van der Waals surface area contributed by atoms with E-state index in [0.29, 0.717) is 11.1 Å². The number of rotatable bonds is 5. The number of benzene rings is 4. The van der Waals surface area contributed by atoms with Gasteiger partial charge in [-0.3, -0.25) is 4.79 Å². The molecule has 0 unspecified atom stereocenters. The number of phenols is 1. The molecule has 4 aromatic carbocycles. The Kier molecular flexibility index (Phi) is 5.67. The summed E-state index contributed by atoms with van der Waals surface area (Å²) in [7, 11) is 0. The number of carbonyl (C=O) groups is 1. The fourth-order valence-corrected chi connectivity index (χ4v) is 4.12. The van der Waals surface area contributed by atoms with E-state index >= 15 is 0 Å². The van der Waals surface area contributed by atoms with Crippen LogP contribution in [0.3, 0.4) is 0 Å². The van der Waals surface area contributed by atoms with E-state index in [1.165, 1.54) is 6.21 Å². The lowest BCUT2D eigenvalue weighted by atomic mass is 10.0. The van der Waals surface area contributed by atoms with Crippen molar-refractivity contribution in [2.24, 2.45) is 5.10 Å². The van der Waals surface area contributed by atoms with E-state index in [1.54, 1.807) is 18.2 Å². The van der Waals surface area contributed by atoms with Crippen LogP contribution in [0.4, 0.5) is 0 Å². The number of aryl methyl sites for hydroxylation is 1. The van der Waals surface area contributed by atoms with Crippen molar-refractivity contribution in [1.82, 2.24) is 9.99 Å². The van der Waals surface area contributed by atoms with Gasteiger partial charge in [-0.25, -0.2) is 5.43 Å². The van der Waals surface area contributed by atoms with Crippen molar-refractivity contribution < 1.29 is 9.90 Å². The van der Waals surface area contributed by atoms with Crippen LogP contribution < -0.4 is 5.43 Å². The van der Waals surface area contributed by atoms with Crippen LogP contribution in [0.15, 0.2) is 108 Å². The van der Waals surface area contributed by atoms with E-state index in [2.05, 4.69) is 46.3 Å². The van der Waals surface area contributed by atoms with Crippen molar-refractivity contribution in [1.29, 1.82) is 0 Å². The van der Waals surface area contributed by atoms with Crippen molar-refractivity contribution in [3.63, 3.8) is 0 Å². The number of carbonyl (C=O) groups excluding carboxylic acids is 1. The molecule has 1 aromatic heterocycles. The first-order chi connectivity index (χ1) is 16.6. The van der Waals surface area contributed by atoms with Gasteiger partial charge in [-0.15, -0.1) is 0 Å². The Hall–Kier alpha value is -4.64. The standard InChI is InChI=1S/C29H23N3O2/c1-20-11-17-27(22-8-3-2-4-9-22)32(20)24-15-12-23(13-16-24)29(34)31-30-19-26-25-10-6-5-7-21(25)14-18-28(26)33/h2-19,33H,1H3,(H,31,34)/b30-19+. The maximum absolute atomic E-state index is 12.6. The summed E-state index contributed by atoms with van der Waals surface area (Å²) >= 11 is 0. The van der Waals surface area contributed by atoms with Gasteiger partial charge >= 0.3 is 0 Å². The average molecular weight is 446 g/mol. The topological polar surface area (TPSA) is 66.6 Å². The summed E-state index contributed by atoms with van der Waals surface area (Å²) in [5.41, 5.74) is 7.91. The number of phenolic OH excluding ortho intramolecular Hbond substituents is 1. The van der Waals surface area contributed by atoms with Crippen LogP contribution >= 0.6 is 0 Å². The van der Waals surface area contributed by atoms with Crippen molar-refractivity contribution in [3.8, 4) is 22.7 Å². The van der Waals surface area contributed by atoms with E-state index in [1.807, 2.05) is 60.7 Å². The highest BCUT2D eigenvalue weighted by molar-refractivity contribution is 6.03. The predicted molar refractivity (Wildman–Crippen MR) is 137 cm³/mol. The molecule has 0 saturated heterocycles. The maximum atomic E-state index is 12.6. The quantitative estimate of drug-likeness (QED) is 0.254. The minimum atomic E-state index is -0.324. The molecule has 0 aliphatic rings. The Balaban J connectivity index is 1.35. The molecule has 5 heteroatoms. The highest BCUT2D eigenvalue weighted by Gasteiger charge is 2.11. The van der Waals surface area contributed by atoms with Gasteiger partial charge in [0.15, 0.2) is 0 Å². The second kappa shape index (κ2) is 9.08. The van der Waals surface area contributed by atoms with Gasteiger partial charge < -0.3 is 9.67 Å². The third-order valence-corrected chi connectivity index (χ3v) is 5.84. The minimum Gasteiger partial charge on any atom is -0.507 e. The highest BCUT2D eigenvalue weighted by Crippen LogP contribution is 2.27. The Morgan fingerprint density at radius 2 is 1.59 bits per heavy atom. The van der Waals surface area contributed by atoms with Gasteiger partial charge in [0.2, 0.25) is 0 Å². The van der Waals surface area contributed by atoms with Gasteiger partial charge in [0.05, 0.1) is 11.9 Å². The Morgan fingerprint density at radius 1 is 0.853 bits per heavy atom. The lowest BCUT2D eigenvalue weighted by Crippen LogP contribution is -2.17. The number of fused-ring (bicyclic) bond motifs is 1. The molecule has 5 rings (SSSR count). The van der Waals surface area contributed by atoms with Gasteiger partial charge in [-0.05, 0) is 65.7 Å². The van der Waals surface area contributed by atoms with Crippen LogP contribution in [0.1, 0.15) is 21.6 Å². The largest absolute Gasteiger partial charge is 0.507 e. The number of aromatic hydroxyl groups is 1. The molecule has 0 aliphatic carbocycles. The van der Waals surface area contributed by atoms with Crippen molar-refractivity contribution in [2.45, 2.75) is 6.92 Å². The van der Waals surface area contributed by atoms with Crippen LogP contribution in [0.5, 0.6) is 5.75 Å². The Morgan fingerprint density at radius 3 is 2.38 bits per heavy atom. The summed E-state index contributed by atoms with van der Waals surface area (Å²) in [6.07, 6.45) is 1.47. The Labute approximate surface area is 197 Å². The second-order valence-corrected chi connectivity index (χ2v) is 8.03. The molecule has 0 radical (unpaired) electrons. The molecule has 0 fully saturated rings. The van der Waals surface area contributed by atoms with E-state index in [4.69, 9.17) is 0 Å². The summed E-state index contributed by atoms with van der Waals surface area (Å²) in [5.74, 6) is -0.215. The molecule has 0 aliphatic heterocycles. The molecule has 5 aromatic rings. The average Bonchev–Trinajstić information content (AvgIpc) is 3.27. The molecule has 0 atom stereocenters. The summed E-state index contributed by atoms with van der Waals surface area (Å²) in [4.78, 5) is 12.6. The van der Waals surface area contributed by atoms with Gasteiger partial charge in [-0.1, -0.05) is 60.7 Å². The molecule has 0 bridgehead atoms. The molecule has 1 amide bonds. The van der Waals surface area contributed by atoms with Crippen molar-refractivity contribution in [2.75, 3.05) is 0 Å². The summed E-state index contributed by atoms with van der Waals surface area (Å²) < 4.78 is 2.17. The van der Waals surface area contributed by atoms with E-state index in [-0.39, 0.29) is 11.7 Å². The van der Waals surface area contributed by atoms with Gasteiger partial charge in [0.1, 0.15) is 5.75 Å². The zero-order valence-corrected chi connectivity index (χ0v) is 18.6. The third kappa shape index (κ3) is 4.07. The zero-order valence-electron chi connectivity index (χ0n) is 18.6. The molecule has 34 heavy (non-hydrogen) atoms. The van der Waals surface area contributed by atoms with E-state index < -0.39 is 0 Å². The normalized spacial score (nSPS) is 11.2. The number of amides is 1. The SMILES string of the molecule is Cc1ccc(-c2ccccc2)n1-c1ccc(C(=O)N/N=C/c2c(O)ccc3ccccc23)cc1. The molecule has 1 heterocycles. The molecule has 0 spiro atoms. The summed E-state index contributed by atoms with van der Waals surface area (Å²) in [6.45, 7) is 2.06. The van der Waals surface area contributed by atoms with Crippen LogP contribution in [0.2, 0.25) is 0 Å². The number of aromatic nitrogens is 1. The zero-order chi connectivity index (χ0) is 23.5. The van der Waals surface area contributed by atoms with Gasteiger partial charge in [0.25, 0.3) is 5.91 Å². The number of hydrogen-bond donors (Lipinski definition) is 2. The Bertz CT molecular complexity index is 1500. The first-order valence-electron chi connectivity index (χ1n) is 11.0. The predicted octanol–water partition coefficient (Wildman–Crippen LogP) is 6.08. The molecular weight excluding hydrogens is 422 g/mol. The highest BCUT2D eigenvalue weighted by atomic mass is 16.3. The number of hydrogen-bond acceptors (Lipinski definition) is 3. The first-order valence-corrected chi connectivity index (χ1v) is 11.0. The molecular formula is C29H23N3O2. The first kappa shape index (κ1) is 21.2. The van der Waals surface area contributed by atoms with Gasteiger partial charge in [0, 0.05) is 22.5 Å². The molecule has 0 saturated carbocycles. The van der Waals surface area contributed by atoms with Crippen LogP contribution in [-0.2, 0) is 0 Å². The minimum absolute atomic E-state index is 0.109. The van der Waals surface area contributed by atoms with Gasteiger partial charge in [-0.2, -0.15) is 5.10 Å². The monoisotopic (exact) mass is 445 g/mol. The summed E-state index contributed by atoms with van der Waals surface area (Å²) in [5, 5.41) is 16.2. The lowest BCUT2D eigenvalue weighted by molar-refractivity contribution is 0.0955. The van der Waals surface area contributed by atoms with Crippen LogP contribution in [-0.4, -0.2) is 21.8 Å². The number of hydrazone groups is 1. The fraction of sp³-hybridized carbons (Fsp3) is 0.0345. The second-order valence-electron chi connectivity index (χ2n) is 8.03. The maximum Gasteiger partial charge on any atom is 0.271 e. The molecule has 166 valence electrons. The van der Waals surface area contributed by atoms with E-state index in [0.717, 1.165) is 33.4 Å². The van der Waals surface area contributed by atoms with Crippen LogP contribution in [0.25, 0.3) is 27.7 Å². The fourth-order valence-electron chi connectivity index (χ4n) is 4.12. The van der Waals surface area contributed by atoms with Crippen molar-refractivity contribution >= 4 is 22.9 Å². The molecule has 2 N–H and O–H groups in total. The summed E-state index contributed by atoms with van der Waals surface area (Å²) in [6, 6.07) is 33.0. The van der Waals surface area contributed by atoms with Crippen LogP contribution in [0, 0.1) is 6.92 Å². The third-order valence-electron chi connectivity index (χ3n) is 5.84.